The molecule has 0 fully saturated rings. The highest BCUT2D eigenvalue weighted by Gasteiger charge is 2.24. The van der Waals surface area contributed by atoms with Crippen molar-refractivity contribution < 1.29 is 23.5 Å². The molecule has 3 N–H and O–H groups in total. The molecule has 0 spiro atoms. The van der Waals surface area contributed by atoms with E-state index < -0.39 is 31.8 Å². The molecule has 2 aromatic carbocycles. The zero-order chi connectivity index (χ0) is 23.9. The number of benzene rings is 2. The molecule has 0 heterocycles. The highest BCUT2D eigenvalue weighted by Crippen LogP contribution is 2.19. The van der Waals surface area contributed by atoms with Crippen LogP contribution in [0.5, 0.6) is 0 Å². The van der Waals surface area contributed by atoms with Crippen LogP contribution in [-0.4, -0.2) is 39.4 Å². The Labute approximate surface area is 188 Å². The number of amides is 3. The van der Waals surface area contributed by atoms with Gasteiger partial charge in [-0.05, 0) is 28.4 Å². The van der Waals surface area contributed by atoms with Crippen molar-refractivity contribution in [2.24, 2.45) is 0 Å². The Morgan fingerprint density at radius 1 is 1.06 bits per heavy atom. The predicted molar refractivity (Wildman–Crippen MR) is 125 cm³/mol. The molecule has 0 unspecified atom stereocenters. The zero-order valence-corrected chi connectivity index (χ0v) is 20.0. The van der Waals surface area contributed by atoms with Gasteiger partial charge in [-0.25, -0.2) is 4.39 Å². The van der Waals surface area contributed by atoms with Gasteiger partial charge in [0.1, 0.15) is 11.9 Å². The predicted octanol–water partition coefficient (Wildman–Crippen LogP) is 2.45. The van der Waals surface area contributed by atoms with Gasteiger partial charge in [0.05, 0.1) is 21.2 Å². The van der Waals surface area contributed by atoms with E-state index in [1.54, 1.807) is 31.4 Å². The number of hydrogen-bond acceptors (Lipinski definition) is 5. The summed E-state index contributed by atoms with van der Waals surface area (Å²) in [5.74, 6) is -1.85. The van der Waals surface area contributed by atoms with Gasteiger partial charge in [-0.15, -0.1) is 0 Å². The van der Waals surface area contributed by atoms with E-state index in [9.17, 15) is 18.8 Å². The molecule has 0 radical (unpaired) electrons. The number of ether oxygens (including phenoxy) is 1. The van der Waals surface area contributed by atoms with Crippen LogP contribution in [0.4, 0.5) is 10.1 Å². The second-order valence-electron chi connectivity index (χ2n) is 8.53. The average molecular weight is 460 g/mol. The fourth-order valence-corrected chi connectivity index (χ4v) is 4.56. The molecule has 9 heteroatoms. The fraction of sp³-hybridized carbons (Fsp3) is 0.348. The van der Waals surface area contributed by atoms with E-state index in [2.05, 4.69) is 16.0 Å². The van der Waals surface area contributed by atoms with Crippen molar-refractivity contribution in [2.75, 3.05) is 19.0 Å². The third-order valence-corrected chi connectivity index (χ3v) is 6.73. The molecule has 0 aliphatic carbocycles. The minimum absolute atomic E-state index is 0.250. The van der Waals surface area contributed by atoms with Crippen molar-refractivity contribution in [1.82, 2.24) is 10.6 Å². The van der Waals surface area contributed by atoms with E-state index in [0.29, 0.717) is 23.0 Å². The van der Waals surface area contributed by atoms with Crippen molar-refractivity contribution in [2.45, 2.75) is 39.2 Å². The van der Waals surface area contributed by atoms with Gasteiger partial charge in [-0.2, -0.15) is 0 Å². The van der Waals surface area contributed by atoms with Crippen LogP contribution in [0.1, 0.15) is 24.1 Å². The molecule has 1 atom stereocenters. The molecule has 0 bridgehead atoms. The van der Waals surface area contributed by atoms with Crippen molar-refractivity contribution in [3.8, 4) is 0 Å². The molecule has 0 aromatic heterocycles. The van der Waals surface area contributed by atoms with Gasteiger partial charge in [0, 0.05) is 19.7 Å². The van der Waals surface area contributed by atoms with Crippen LogP contribution in [0.2, 0.25) is 19.6 Å². The number of carbonyl (C=O) groups is 3. The van der Waals surface area contributed by atoms with E-state index in [0.717, 1.165) is 5.56 Å². The van der Waals surface area contributed by atoms with Gasteiger partial charge in [-0.3, -0.25) is 25.0 Å². The lowest BCUT2D eigenvalue weighted by molar-refractivity contribution is -0.128. The number of halogens is 1. The van der Waals surface area contributed by atoms with Crippen molar-refractivity contribution in [3.63, 3.8) is 0 Å². The second kappa shape index (κ2) is 11.1. The standard InChI is InChI=1S/C23H30FN3O4Si/c1-15(28)26-21(29)13-25-22(17-8-6-16(7-9-17)14-31-2)23(30)27-18-10-11-20(19(24)12-18)32(3,4)5/h6-12,22,25H,13-14H2,1-5H3,(H,27,30)(H,26,28,29)/t22-/m1/s1. The minimum Gasteiger partial charge on any atom is -0.380 e. The first kappa shape index (κ1) is 25.4. The second-order valence-corrected chi connectivity index (χ2v) is 13.6. The molecular weight excluding hydrogens is 429 g/mol. The monoisotopic (exact) mass is 459 g/mol. The van der Waals surface area contributed by atoms with Gasteiger partial charge < -0.3 is 10.1 Å². The molecule has 32 heavy (non-hydrogen) atoms. The summed E-state index contributed by atoms with van der Waals surface area (Å²) in [6.07, 6.45) is 0. The maximum Gasteiger partial charge on any atom is 0.246 e. The molecule has 2 aromatic rings. The normalized spacial score (nSPS) is 12.2. The number of rotatable bonds is 9. The molecular formula is C23H30FN3O4Si. The first-order chi connectivity index (χ1) is 15.0. The quantitative estimate of drug-likeness (QED) is 0.501. The number of imide groups is 1. The van der Waals surface area contributed by atoms with Crippen molar-refractivity contribution >= 4 is 36.7 Å². The van der Waals surface area contributed by atoms with Gasteiger partial charge in [-0.1, -0.05) is 50.0 Å². The van der Waals surface area contributed by atoms with Crippen LogP contribution < -0.4 is 21.1 Å². The summed E-state index contributed by atoms with van der Waals surface area (Å²) in [5.41, 5.74) is 1.86. The van der Waals surface area contributed by atoms with E-state index >= 15 is 0 Å². The molecule has 0 saturated heterocycles. The first-order valence-corrected chi connectivity index (χ1v) is 13.7. The lowest BCUT2D eigenvalue weighted by atomic mass is 10.0. The summed E-state index contributed by atoms with van der Waals surface area (Å²) in [7, 11) is -0.259. The van der Waals surface area contributed by atoms with Gasteiger partial charge in [0.2, 0.25) is 17.7 Å². The van der Waals surface area contributed by atoms with Crippen LogP contribution in [-0.2, 0) is 25.7 Å². The maximum atomic E-state index is 14.6. The molecule has 2 rings (SSSR count). The summed E-state index contributed by atoms with van der Waals surface area (Å²) in [5, 5.41) is 8.42. The first-order valence-electron chi connectivity index (χ1n) is 10.2. The highest BCUT2D eigenvalue weighted by atomic mass is 28.3. The van der Waals surface area contributed by atoms with Gasteiger partial charge in [0.15, 0.2) is 0 Å². The Morgan fingerprint density at radius 3 is 2.25 bits per heavy atom. The van der Waals surface area contributed by atoms with E-state index in [-0.39, 0.29) is 12.4 Å². The van der Waals surface area contributed by atoms with Gasteiger partial charge in [0.25, 0.3) is 0 Å². The van der Waals surface area contributed by atoms with Crippen molar-refractivity contribution in [1.29, 1.82) is 0 Å². The topological polar surface area (TPSA) is 96.5 Å². The van der Waals surface area contributed by atoms with Crippen LogP contribution in [0.3, 0.4) is 0 Å². The summed E-state index contributed by atoms with van der Waals surface area (Å²) in [6.45, 7) is 7.54. The highest BCUT2D eigenvalue weighted by molar-refractivity contribution is 6.88. The molecule has 0 saturated carbocycles. The summed E-state index contributed by atoms with van der Waals surface area (Å²) in [6, 6.07) is 10.9. The third kappa shape index (κ3) is 7.36. The Morgan fingerprint density at radius 2 is 1.72 bits per heavy atom. The third-order valence-electron chi connectivity index (χ3n) is 4.71. The Balaban J connectivity index is 2.23. The average Bonchev–Trinajstić information content (AvgIpc) is 2.68. The Bertz CT molecular complexity index is 974. The largest absolute Gasteiger partial charge is 0.380 e. The summed E-state index contributed by atoms with van der Waals surface area (Å²) in [4.78, 5) is 36.0. The summed E-state index contributed by atoms with van der Waals surface area (Å²) < 4.78 is 19.7. The number of anilines is 1. The van der Waals surface area contributed by atoms with E-state index in [4.69, 9.17) is 4.74 Å². The van der Waals surface area contributed by atoms with Crippen LogP contribution >= 0.6 is 0 Å². The van der Waals surface area contributed by atoms with Crippen LogP contribution in [0.25, 0.3) is 0 Å². The molecule has 0 aliphatic heterocycles. The molecule has 0 aliphatic rings. The number of nitrogens with one attached hydrogen (secondary N) is 3. The van der Waals surface area contributed by atoms with Gasteiger partial charge >= 0.3 is 0 Å². The number of carbonyl (C=O) groups excluding carboxylic acids is 3. The smallest absolute Gasteiger partial charge is 0.246 e. The fourth-order valence-electron chi connectivity index (χ4n) is 3.19. The minimum atomic E-state index is -1.85. The Hall–Kier alpha value is -2.88. The summed E-state index contributed by atoms with van der Waals surface area (Å²) >= 11 is 0. The molecule has 172 valence electrons. The number of hydrogen-bond donors (Lipinski definition) is 3. The Kier molecular flexibility index (Phi) is 8.82. The zero-order valence-electron chi connectivity index (χ0n) is 19.0. The van der Waals surface area contributed by atoms with Crippen LogP contribution in [0, 0.1) is 5.82 Å². The lowest BCUT2D eigenvalue weighted by Crippen LogP contribution is -2.41. The van der Waals surface area contributed by atoms with Crippen molar-refractivity contribution in [3.05, 3.63) is 59.4 Å². The SMILES string of the molecule is COCc1ccc([C@@H](NCC(=O)NC(C)=O)C(=O)Nc2ccc([Si](C)(C)C)c(F)c2)cc1. The lowest BCUT2D eigenvalue weighted by Gasteiger charge is -2.21. The molecule has 3 amide bonds. The maximum absolute atomic E-state index is 14.6. The molecule has 7 nitrogen and oxygen atoms in total. The van der Waals surface area contributed by atoms with Crippen LogP contribution in [0.15, 0.2) is 42.5 Å². The number of methoxy groups -OCH3 is 1. The van der Waals surface area contributed by atoms with E-state index in [1.165, 1.54) is 13.0 Å². The van der Waals surface area contributed by atoms with E-state index in [1.807, 2.05) is 31.8 Å².